The van der Waals surface area contributed by atoms with Crippen LogP contribution in [0.4, 0.5) is 5.69 Å². The standard InChI is InChI=1S/C14H20N2O2/c1-10(12-4-2-3-5-13(12)15)16-14(17)11-6-8-18-9-7-11/h2-5,10-11H,6-9,15H2,1H3,(H,16,17). The van der Waals surface area contributed by atoms with Crippen LogP contribution in [-0.4, -0.2) is 19.1 Å². The van der Waals surface area contributed by atoms with Crippen molar-refractivity contribution < 1.29 is 9.53 Å². The van der Waals surface area contributed by atoms with Crippen LogP contribution in [0.1, 0.15) is 31.4 Å². The first-order chi connectivity index (χ1) is 8.68. The number of benzene rings is 1. The molecule has 4 nitrogen and oxygen atoms in total. The fraction of sp³-hybridized carbons (Fsp3) is 0.500. The average molecular weight is 248 g/mol. The van der Waals surface area contributed by atoms with E-state index in [9.17, 15) is 4.79 Å². The number of hydrogen-bond acceptors (Lipinski definition) is 3. The number of para-hydroxylation sites is 1. The van der Waals surface area contributed by atoms with Gasteiger partial charge in [-0.2, -0.15) is 0 Å². The highest BCUT2D eigenvalue weighted by Gasteiger charge is 2.23. The quantitative estimate of drug-likeness (QED) is 0.803. The number of nitrogen functional groups attached to an aromatic ring is 1. The first-order valence-electron chi connectivity index (χ1n) is 6.41. The van der Waals surface area contributed by atoms with Crippen molar-refractivity contribution in [2.75, 3.05) is 18.9 Å². The van der Waals surface area contributed by atoms with E-state index in [0.717, 1.165) is 24.1 Å². The summed E-state index contributed by atoms with van der Waals surface area (Å²) in [5.74, 6) is 0.181. The predicted octanol–water partition coefficient (Wildman–Crippen LogP) is 1.87. The van der Waals surface area contributed by atoms with Gasteiger partial charge in [-0.25, -0.2) is 0 Å². The van der Waals surface area contributed by atoms with Crippen LogP contribution in [0, 0.1) is 5.92 Å². The van der Waals surface area contributed by atoms with Crippen LogP contribution in [0.2, 0.25) is 0 Å². The zero-order valence-electron chi connectivity index (χ0n) is 10.7. The van der Waals surface area contributed by atoms with Crippen LogP contribution < -0.4 is 11.1 Å². The SMILES string of the molecule is CC(NC(=O)C1CCOCC1)c1ccccc1N. The summed E-state index contributed by atoms with van der Waals surface area (Å²) in [6, 6.07) is 7.58. The van der Waals surface area contributed by atoms with Gasteiger partial charge in [-0.15, -0.1) is 0 Å². The minimum atomic E-state index is -0.0541. The Morgan fingerprint density at radius 3 is 2.72 bits per heavy atom. The van der Waals surface area contributed by atoms with Gasteiger partial charge in [0.15, 0.2) is 0 Å². The Balaban J connectivity index is 1.96. The Morgan fingerprint density at radius 2 is 2.06 bits per heavy atom. The van der Waals surface area contributed by atoms with E-state index in [1.54, 1.807) is 0 Å². The van der Waals surface area contributed by atoms with E-state index in [0.29, 0.717) is 13.2 Å². The highest BCUT2D eigenvalue weighted by Crippen LogP contribution is 2.21. The number of rotatable bonds is 3. The fourth-order valence-corrected chi connectivity index (χ4v) is 2.27. The van der Waals surface area contributed by atoms with Gasteiger partial charge in [-0.05, 0) is 31.4 Å². The van der Waals surface area contributed by atoms with E-state index < -0.39 is 0 Å². The molecule has 1 amide bonds. The molecule has 1 aliphatic rings. The van der Waals surface area contributed by atoms with Crippen molar-refractivity contribution >= 4 is 11.6 Å². The molecule has 0 saturated carbocycles. The van der Waals surface area contributed by atoms with Crippen LogP contribution in [0.3, 0.4) is 0 Å². The Morgan fingerprint density at radius 1 is 1.39 bits per heavy atom. The van der Waals surface area contributed by atoms with Gasteiger partial charge in [-0.1, -0.05) is 18.2 Å². The summed E-state index contributed by atoms with van der Waals surface area (Å²) in [6.45, 7) is 3.32. The molecule has 4 heteroatoms. The molecular weight excluding hydrogens is 228 g/mol. The highest BCUT2D eigenvalue weighted by atomic mass is 16.5. The first-order valence-corrected chi connectivity index (χ1v) is 6.41. The largest absolute Gasteiger partial charge is 0.398 e. The molecule has 1 unspecified atom stereocenters. The third kappa shape index (κ3) is 3.01. The summed E-state index contributed by atoms with van der Waals surface area (Å²) < 4.78 is 5.26. The van der Waals surface area contributed by atoms with E-state index in [1.807, 2.05) is 31.2 Å². The number of nitrogens with two attached hydrogens (primary N) is 1. The number of carbonyl (C=O) groups is 1. The zero-order chi connectivity index (χ0) is 13.0. The molecule has 18 heavy (non-hydrogen) atoms. The van der Waals surface area contributed by atoms with E-state index >= 15 is 0 Å². The molecular formula is C14H20N2O2. The Bertz CT molecular complexity index is 414. The van der Waals surface area contributed by atoms with Gasteiger partial charge in [0, 0.05) is 24.8 Å². The second kappa shape index (κ2) is 5.87. The van der Waals surface area contributed by atoms with Crippen molar-refractivity contribution in [3.8, 4) is 0 Å². The lowest BCUT2D eigenvalue weighted by atomic mass is 9.98. The Hall–Kier alpha value is -1.55. The second-order valence-electron chi connectivity index (χ2n) is 4.75. The Kier molecular flexibility index (Phi) is 4.20. The van der Waals surface area contributed by atoms with Crippen molar-refractivity contribution in [3.05, 3.63) is 29.8 Å². The topological polar surface area (TPSA) is 64.3 Å². The zero-order valence-corrected chi connectivity index (χ0v) is 10.7. The smallest absolute Gasteiger partial charge is 0.223 e. The van der Waals surface area contributed by atoms with E-state index in [2.05, 4.69) is 5.32 Å². The van der Waals surface area contributed by atoms with Gasteiger partial charge in [0.05, 0.1) is 6.04 Å². The van der Waals surface area contributed by atoms with E-state index in [-0.39, 0.29) is 17.9 Å². The molecule has 2 rings (SSSR count). The van der Waals surface area contributed by atoms with Gasteiger partial charge in [0.25, 0.3) is 0 Å². The molecule has 1 heterocycles. The summed E-state index contributed by atoms with van der Waals surface area (Å²) in [7, 11) is 0. The fourth-order valence-electron chi connectivity index (χ4n) is 2.27. The minimum absolute atomic E-state index is 0.0541. The first kappa shape index (κ1) is 12.9. The summed E-state index contributed by atoms with van der Waals surface area (Å²) >= 11 is 0. The molecule has 1 aromatic rings. The van der Waals surface area contributed by atoms with Crippen molar-refractivity contribution in [2.24, 2.45) is 5.92 Å². The molecule has 0 bridgehead atoms. The van der Waals surface area contributed by atoms with Gasteiger partial charge in [0.2, 0.25) is 5.91 Å². The summed E-state index contributed by atoms with van der Waals surface area (Å²) in [5.41, 5.74) is 7.59. The number of carbonyl (C=O) groups excluding carboxylic acids is 1. The molecule has 1 atom stereocenters. The lowest BCUT2D eigenvalue weighted by Gasteiger charge is -2.24. The van der Waals surface area contributed by atoms with E-state index in [1.165, 1.54) is 0 Å². The maximum absolute atomic E-state index is 12.1. The van der Waals surface area contributed by atoms with Crippen LogP contribution >= 0.6 is 0 Å². The number of hydrogen-bond donors (Lipinski definition) is 2. The third-order valence-electron chi connectivity index (χ3n) is 3.41. The Labute approximate surface area is 108 Å². The lowest BCUT2D eigenvalue weighted by molar-refractivity contribution is -0.128. The molecule has 0 radical (unpaired) electrons. The number of nitrogens with one attached hydrogen (secondary N) is 1. The summed E-state index contributed by atoms with van der Waals surface area (Å²) in [4.78, 5) is 12.1. The number of amides is 1. The van der Waals surface area contributed by atoms with Crippen molar-refractivity contribution in [1.82, 2.24) is 5.32 Å². The number of ether oxygens (including phenoxy) is 1. The van der Waals surface area contributed by atoms with Gasteiger partial charge >= 0.3 is 0 Å². The molecule has 0 aromatic heterocycles. The number of anilines is 1. The molecule has 3 N–H and O–H groups in total. The van der Waals surface area contributed by atoms with Gasteiger partial charge in [0.1, 0.15) is 0 Å². The lowest BCUT2D eigenvalue weighted by Crippen LogP contribution is -2.35. The van der Waals surface area contributed by atoms with Crippen LogP contribution in [0.5, 0.6) is 0 Å². The average Bonchev–Trinajstić information content (AvgIpc) is 2.40. The molecule has 1 aliphatic heterocycles. The van der Waals surface area contributed by atoms with Crippen LogP contribution in [0.25, 0.3) is 0 Å². The molecule has 1 fully saturated rings. The molecule has 1 saturated heterocycles. The monoisotopic (exact) mass is 248 g/mol. The molecule has 1 aromatic carbocycles. The van der Waals surface area contributed by atoms with Crippen LogP contribution in [0.15, 0.2) is 24.3 Å². The molecule has 0 aliphatic carbocycles. The van der Waals surface area contributed by atoms with Crippen molar-refractivity contribution in [3.63, 3.8) is 0 Å². The normalized spacial score (nSPS) is 18.3. The van der Waals surface area contributed by atoms with Gasteiger partial charge < -0.3 is 15.8 Å². The van der Waals surface area contributed by atoms with Crippen LogP contribution in [-0.2, 0) is 9.53 Å². The second-order valence-corrected chi connectivity index (χ2v) is 4.75. The summed E-state index contributed by atoms with van der Waals surface area (Å²) in [5, 5.41) is 3.03. The van der Waals surface area contributed by atoms with E-state index in [4.69, 9.17) is 10.5 Å². The maximum Gasteiger partial charge on any atom is 0.223 e. The van der Waals surface area contributed by atoms with Crippen molar-refractivity contribution in [2.45, 2.75) is 25.8 Å². The maximum atomic E-state index is 12.1. The molecule has 98 valence electrons. The predicted molar refractivity (Wildman–Crippen MR) is 71.0 cm³/mol. The van der Waals surface area contributed by atoms with Crippen molar-refractivity contribution in [1.29, 1.82) is 0 Å². The molecule has 0 spiro atoms. The minimum Gasteiger partial charge on any atom is -0.398 e. The third-order valence-corrected chi connectivity index (χ3v) is 3.41. The summed E-state index contributed by atoms with van der Waals surface area (Å²) in [6.07, 6.45) is 1.62. The van der Waals surface area contributed by atoms with Gasteiger partial charge in [-0.3, -0.25) is 4.79 Å². The highest BCUT2D eigenvalue weighted by molar-refractivity contribution is 5.79.